The fourth-order valence-corrected chi connectivity index (χ4v) is 3.42. The van der Waals surface area contributed by atoms with E-state index in [0.29, 0.717) is 13.2 Å². The normalized spacial score (nSPS) is 11.3. The van der Waals surface area contributed by atoms with Gasteiger partial charge in [-0.05, 0) is 58.7 Å². The number of aromatic nitrogens is 4. The molecular formula is C28H24N6O2. The monoisotopic (exact) mass is 476 g/mol. The summed E-state index contributed by atoms with van der Waals surface area (Å²) in [6, 6.07) is 27.6. The van der Waals surface area contributed by atoms with Gasteiger partial charge in [-0.2, -0.15) is 10.2 Å². The Morgan fingerprint density at radius 1 is 0.583 bits per heavy atom. The summed E-state index contributed by atoms with van der Waals surface area (Å²) in [6.07, 6.45) is 10.7. The van der Waals surface area contributed by atoms with Crippen LogP contribution in [0, 0.1) is 0 Å². The van der Waals surface area contributed by atoms with Gasteiger partial charge in [0.15, 0.2) is 0 Å². The largest absolute Gasteiger partial charge is 0.391 e. The molecule has 36 heavy (non-hydrogen) atoms. The van der Waals surface area contributed by atoms with Gasteiger partial charge in [0.2, 0.25) is 0 Å². The molecular weight excluding hydrogens is 452 g/mol. The van der Waals surface area contributed by atoms with Crippen molar-refractivity contribution in [2.45, 2.75) is 13.2 Å². The van der Waals surface area contributed by atoms with Crippen LogP contribution in [-0.4, -0.2) is 32.0 Å². The van der Waals surface area contributed by atoms with Crippen LogP contribution in [0.15, 0.2) is 120 Å². The summed E-state index contributed by atoms with van der Waals surface area (Å²) in [6.45, 7) is 0.769. The first-order valence-electron chi connectivity index (χ1n) is 11.4. The fourth-order valence-electron chi connectivity index (χ4n) is 3.42. The number of benzene rings is 3. The molecule has 0 aliphatic heterocycles. The van der Waals surface area contributed by atoms with Crippen LogP contribution in [0.5, 0.6) is 0 Å². The Bertz CT molecular complexity index is 1280. The first-order chi connectivity index (χ1) is 17.8. The standard InChI is InChI=1S/C28H24N6O2/c1-15-29-33(17-1)27-11-7-23(8-12-27)19-31-35-21-25-3-5-26(6-4-25)22-36-32-20-24-9-13-28(14-10-24)34-18-2-16-30-34/h1-20H,21-22H2. The number of hydrogen-bond donors (Lipinski definition) is 0. The molecule has 0 aliphatic carbocycles. The molecule has 178 valence electrons. The molecule has 0 bridgehead atoms. The number of hydrogen-bond acceptors (Lipinski definition) is 6. The predicted octanol–water partition coefficient (Wildman–Crippen LogP) is 5.16. The number of oxime groups is 2. The highest BCUT2D eigenvalue weighted by Crippen LogP contribution is 2.10. The minimum atomic E-state index is 0.385. The van der Waals surface area contributed by atoms with Crippen molar-refractivity contribution in [1.29, 1.82) is 0 Å². The van der Waals surface area contributed by atoms with Crippen molar-refractivity contribution in [2.75, 3.05) is 0 Å². The third-order valence-electron chi connectivity index (χ3n) is 5.36. The van der Waals surface area contributed by atoms with Gasteiger partial charge in [0.05, 0.1) is 23.8 Å². The van der Waals surface area contributed by atoms with Gasteiger partial charge in [-0.25, -0.2) is 9.36 Å². The Morgan fingerprint density at radius 3 is 1.36 bits per heavy atom. The van der Waals surface area contributed by atoms with Gasteiger partial charge in [0.1, 0.15) is 13.2 Å². The fraction of sp³-hybridized carbons (Fsp3) is 0.0714. The first-order valence-corrected chi connectivity index (χ1v) is 11.4. The molecule has 0 spiro atoms. The van der Waals surface area contributed by atoms with Crippen LogP contribution in [0.3, 0.4) is 0 Å². The summed E-state index contributed by atoms with van der Waals surface area (Å²) < 4.78 is 3.61. The molecule has 8 nitrogen and oxygen atoms in total. The Morgan fingerprint density at radius 2 is 1.00 bits per heavy atom. The summed E-state index contributed by atoms with van der Waals surface area (Å²) in [5.41, 5.74) is 5.93. The lowest BCUT2D eigenvalue weighted by Gasteiger charge is -2.04. The zero-order valence-corrected chi connectivity index (χ0v) is 19.5. The Balaban J connectivity index is 1.04. The maximum Gasteiger partial charge on any atom is 0.142 e. The minimum absolute atomic E-state index is 0.385. The van der Waals surface area contributed by atoms with Gasteiger partial charge in [-0.1, -0.05) is 58.8 Å². The van der Waals surface area contributed by atoms with E-state index in [1.54, 1.807) is 34.2 Å². The molecule has 2 aromatic heterocycles. The van der Waals surface area contributed by atoms with E-state index in [1.807, 2.05) is 97.3 Å². The Hall–Kier alpha value is -4.98. The third kappa shape index (κ3) is 6.12. The van der Waals surface area contributed by atoms with E-state index < -0.39 is 0 Å². The zero-order chi connectivity index (χ0) is 24.4. The highest BCUT2D eigenvalue weighted by atomic mass is 16.6. The predicted molar refractivity (Wildman–Crippen MR) is 138 cm³/mol. The molecule has 0 atom stereocenters. The molecule has 0 radical (unpaired) electrons. The molecule has 5 rings (SSSR count). The molecule has 3 aromatic carbocycles. The second-order valence-corrected chi connectivity index (χ2v) is 7.92. The van der Waals surface area contributed by atoms with Crippen molar-refractivity contribution in [3.63, 3.8) is 0 Å². The minimum Gasteiger partial charge on any atom is -0.391 e. The summed E-state index contributed by atoms with van der Waals surface area (Å²) in [4.78, 5) is 10.9. The molecule has 0 unspecified atom stereocenters. The van der Waals surface area contributed by atoms with E-state index >= 15 is 0 Å². The Kier molecular flexibility index (Phi) is 7.24. The molecule has 8 heteroatoms. The lowest BCUT2D eigenvalue weighted by molar-refractivity contribution is 0.130. The second-order valence-electron chi connectivity index (χ2n) is 7.92. The summed E-state index contributed by atoms with van der Waals surface area (Å²) in [5.74, 6) is 0. The van der Waals surface area contributed by atoms with Crippen molar-refractivity contribution in [3.8, 4) is 11.4 Å². The van der Waals surface area contributed by atoms with E-state index in [1.165, 1.54) is 0 Å². The zero-order valence-electron chi connectivity index (χ0n) is 19.5. The van der Waals surface area contributed by atoms with E-state index in [2.05, 4.69) is 20.5 Å². The van der Waals surface area contributed by atoms with E-state index in [0.717, 1.165) is 33.6 Å². The van der Waals surface area contributed by atoms with Gasteiger partial charge in [0.25, 0.3) is 0 Å². The molecule has 0 aliphatic rings. The average molecular weight is 477 g/mol. The summed E-state index contributed by atoms with van der Waals surface area (Å²) in [7, 11) is 0. The highest BCUT2D eigenvalue weighted by Gasteiger charge is 1.99. The van der Waals surface area contributed by atoms with Crippen molar-refractivity contribution in [1.82, 2.24) is 19.6 Å². The lowest BCUT2D eigenvalue weighted by atomic mass is 10.1. The number of nitrogens with zero attached hydrogens (tertiary/aromatic N) is 6. The molecule has 0 saturated heterocycles. The van der Waals surface area contributed by atoms with Crippen molar-refractivity contribution >= 4 is 12.4 Å². The first kappa shape index (κ1) is 22.8. The van der Waals surface area contributed by atoms with Gasteiger partial charge >= 0.3 is 0 Å². The third-order valence-corrected chi connectivity index (χ3v) is 5.36. The summed E-state index contributed by atoms with van der Waals surface area (Å²) in [5, 5.41) is 16.6. The maximum absolute atomic E-state index is 5.44. The van der Waals surface area contributed by atoms with Crippen LogP contribution < -0.4 is 0 Å². The summed E-state index contributed by atoms with van der Waals surface area (Å²) >= 11 is 0. The van der Waals surface area contributed by atoms with Gasteiger partial charge in [0, 0.05) is 24.8 Å². The van der Waals surface area contributed by atoms with E-state index in [4.69, 9.17) is 9.68 Å². The second kappa shape index (κ2) is 11.4. The van der Waals surface area contributed by atoms with Crippen molar-refractivity contribution in [2.24, 2.45) is 10.3 Å². The average Bonchev–Trinajstić information content (AvgIpc) is 3.66. The molecule has 0 saturated carbocycles. The molecule has 0 amide bonds. The quantitative estimate of drug-likeness (QED) is 0.206. The van der Waals surface area contributed by atoms with Crippen LogP contribution in [0.4, 0.5) is 0 Å². The van der Waals surface area contributed by atoms with E-state index in [9.17, 15) is 0 Å². The molecule has 0 N–H and O–H groups in total. The highest BCUT2D eigenvalue weighted by molar-refractivity contribution is 5.79. The van der Waals surface area contributed by atoms with Gasteiger partial charge < -0.3 is 9.68 Å². The van der Waals surface area contributed by atoms with Crippen LogP contribution in [0.2, 0.25) is 0 Å². The molecule has 5 aromatic rings. The van der Waals surface area contributed by atoms with Crippen LogP contribution >= 0.6 is 0 Å². The van der Waals surface area contributed by atoms with Crippen LogP contribution in [-0.2, 0) is 22.9 Å². The van der Waals surface area contributed by atoms with Gasteiger partial charge in [-0.3, -0.25) is 0 Å². The number of rotatable bonds is 10. The topological polar surface area (TPSA) is 78.8 Å². The molecule has 0 fully saturated rings. The van der Waals surface area contributed by atoms with Crippen LogP contribution in [0.1, 0.15) is 22.3 Å². The van der Waals surface area contributed by atoms with Crippen molar-refractivity contribution < 1.29 is 9.68 Å². The van der Waals surface area contributed by atoms with Crippen LogP contribution in [0.25, 0.3) is 11.4 Å². The maximum atomic E-state index is 5.44. The van der Waals surface area contributed by atoms with Gasteiger partial charge in [-0.15, -0.1) is 0 Å². The molecule has 2 heterocycles. The lowest BCUT2D eigenvalue weighted by Crippen LogP contribution is -1.94. The SMILES string of the molecule is C(=NOCc1ccc(CON=Cc2ccc(-n3cccn3)cc2)cc1)c1ccc(-n2cccn2)cc1. The van der Waals surface area contributed by atoms with Crippen molar-refractivity contribution in [3.05, 3.63) is 132 Å². The Labute approximate surface area is 208 Å². The smallest absolute Gasteiger partial charge is 0.142 e. The van der Waals surface area contributed by atoms with E-state index in [-0.39, 0.29) is 0 Å².